The highest BCUT2D eigenvalue weighted by molar-refractivity contribution is 8.00. The van der Waals surface area contributed by atoms with Crippen LogP contribution in [0.15, 0.2) is 101 Å². The van der Waals surface area contributed by atoms with Gasteiger partial charge in [-0.15, -0.1) is 0 Å². The number of aromatic nitrogens is 1. The molecule has 1 saturated heterocycles. The van der Waals surface area contributed by atoms with Gasteiger partial charge in [-0.2, -0.15) is 13.2 Å². The molecule has 3 atom stereocenters. The van der Waals surface area contributed by atoms with Gasteiger partial charge in [0.15, 0.2) is 0 Å². The van der Waals surface area contributed by atoms with Crippen LogP contribution in [0.1, 0.15) is 21.9 Å². The summed E-state index contributed by atoms with van der Waals surface area (Å²) in [6.45, 7) is -0.379. The Morgan fingerprint density at radius 2 is 1.60 bits per heavy atom. The number of carbonyl (C=O) groups excluding carboxylic acids is 3. The highest BCUT2D eigenvalue weighted by Crippen LogP contribution is 2.54. The number of ether oxygens (including phenoxy) is 1. The van der Waals surface area contributed by atoms with Crippen molar-refractivity contribution in [2.75, 3.05) is 17.3 Å². The molecule has 8 nitrogen and oxygen atoms in total. The van der Waals surface area contributed by atoms with Crippen molar-refractivity contribution in [1.29, 1.82) is 0 Å². The molecule has 3 unspecified atom stereocenters. The van der Waals surface area contributed by atoms with Crippen molar-refractivity contribution in [3.8, 4) is 5.75 Å². The summed E-state index contributed by atoms with van der Waals surface area (Å²) in [6, 6.07) is 24.2. The minimum absolute atomic E-state index is 0.322. The summed E-state index contributed by atoms with van der Waals surface area (Å²) in [4.78, 5) is 55.5. The molecule has 7 rings (SSSR count). The van der Waals surface area contributed by atoms with E-state index in [0.29, 0.717) is 31.8 Å². The number of nitrogens with one attached hydrogen (secondary N) is 1. The second kappa shape index (κ2) is 11.7. The molecular formula is C34H24F3N3O5S2. The van der Waals surface area contributed by atoms with Crippen LogP contribution >= 0.6 is 23.1 Å². The number of rotatable bonds is 6. The lowest BCUT2D eigenvalue weighted by molar-refractivity contribution is -0.137. The number of fused-ring (bicyclic) bond motifs is 3. The fraction of sp³-hybridized carbons (Fsp3) is 0.176. The normalized spacial score (nSPS) is 19.1. The SMILES string of the molecule is COc1ccc(C2c3sc(=O)n(CC(=O)Nc4cccc5ccccc45)c3SC3C(=O)N(c4ccccc4C(F)(F)F)C(=O)C32)cc1. The van der Waals surface area contributed by atoms with Gasteiger partial charge in [-0.3, -0.25) is 23.7 Å². The molecular weight excluding hydrogens is 652 g/mol. The van der Waals surface area contributed by atoms with Gasteiger partial charge in [0, 0.05) is 21.9 Å². The Morgan fingerprint density at radius 3 is 2.34 bits per heavy atom. The van der Waals surface area contributed by atoms with E-state index in [9.17, 15) is 32.3 Å². The van der Waals surface area contributed by atoms with Crippen molar-refractivity contribution < 1.29 is 32.3 Å². The Balaban J connectivity index is 1.30. The number of hydrogen-bond acceptors (Lipinski definition) is 7. The fourth-order valence-electron chi connectivity index (χ4n) is 6.24. The molecule has 1 N–H and O–H groups in total. The molecule has 0 saturated carbocycles. The van der Waals surface area contributed by atoms with E-state index in [4.69, 9.17) is 4.74 Å². The summed E-state index contributed by atoms with van der Waals surface area (Å²) in [6.07, 6.45) is -4.82. The maximum atomic E-state index is 14.1. The smallest absolute Gasteiger partial charge is 0.418 e. The number of benzene rings is 4. The van der Waals surface area contributed by atoms with Crippen LogP contribution in [0.3, 0.4) is 0 Å². The molecule has 4 aromatic carbocycles. The van der Waals surface area contributed by atoms with Crippen LogP contribution in [0, 0.1) is 5.92 Å². The molecule has 0 spiro atoms. The number of carbonyl (C=O) groups is 3. The highest BCUT2D eigenvalue weighted by Gasteiger charge is 2.57. The van der Waals surface area contributed by atoms with E-state index in [1.165, 1.54) is 23.8 Å². The summed E-state index contributed by atoms with van der Waals surface area (Å²) < 4.78 is 48.6. The van der Waals surface area contributed by atoms with Crippen LogP contribution in [-0.4, -0.2) is 34.6 Å². The third-order valence-corrected chi connectivity index (χ3v) is 10.9. The minimum atomic E-state index is -4.82. The molecule has 3 amide bonds. The van der Waals surface area contributed by atoms with Gasteiger partial charge in [-0.25, -0.2) is 4.90 Å². The van der Waals surface area contributed by atoms with Crippen LogP contribution in [0.25, 0.3) is 10.8 Å². The van der Waals surface area contributed by atoms with Crippen LogP contribution in [-0.2, 0) is 27.1 Å². The van der Waals surface area contributed by atoms with Crippen LogP contribution in [0.4, 0.5) is 24.5 Å². The first-order valence-electron chi connectivity index (χ1n) is 14.4. The predicted molar refractivity (Wildman–Crippen MR) is 173 cm³/mol. The molecule has 3 heterocycles. The number of methoxy groups -OCH3 is 1. The number of hydrogen-bond donors (Lipinski definition) is 1. The Bertz CT molecular complexity index is 2120. The molecule has 0 radical (unpaired) electrons. The van der Waals surface area contributed by atoms with Crippen LogP contribution < -0.4 is 19.8 Å². The minimum Gasteiger partial charge on any atom is -0.497 e. The second-order valence-electron chi connectivity index (χ2n) is 11.0. The zero-order chi connectivity index (χ0) is 33.0. The first-order chi connectivity index (χ1) is 22.6. The molecule has 238 valence electrons. The van der Waals surface area contributed by atoms with Gasteiger partial charge in [-0.05, 0) is 41.3 Å². The van der Waals surface area contributed by atoms with Gasteiger partial charge in [0.2, 0.25) is 17.7 Å². The van der Waals surface area contributed by atoms with Gasteiger partial charge in [-0.1, -0.05) is 83.8 Å². The number of halogens is 3. The molecule has 5 aromatic rings. The standard InChI is InChI=1S/C34H24F3N3O5S2/c1-45-20-15-13-19(14-16-20)26-27-28(31(43)40(30(27)42)24-12-5-4-10-22(24)34(35,36)37)46-32-29(26)47-33(44)39(32)17-25(41)38-23-11-6-8-18-7-2-3-9-21(18)23/h2-16,26-28H,17H2,1H3,(H,38,41). The number of alkyl halides is 3. The number of thioether (sulfide) groups is 1. The van der Waals surface area contributed by atoms with Crippen molar-refractivity contribution in [1.82, 2.24) is 4.57 Å². The molecule has 47 heavy (non-hydrogen) atoms. The van der Waals surface area contributed by atoms with E-state index in [-0.39, 0.29) is 6.54 Å². The van der Waals surface area contributed by atoms with E-state index in [1.807, 2.05) is 30.3 Å². The fourth-order valence-corrected chi connectivity index (χ4v) is 9.01. The Kier molecular flexibility index (Phi) is 7.68. The number of imide groups is 1. The van der Waals surface area contributed by atoms with E-state index in [0.717, 1.165) is 46.0 Å². The summed E-state index contributed by atoms with van der Waals surface area (Å²) in [5.41, 5.74) is -0.524. The Morgan fingerprint density at radius 1 is 0.894 bits per heavy atom. The van der Waals surface area contributed by atoms with Crippen molar-refractivity contribution in [3.63, 3.8) is 0 Å². The van der Waals surface area contributed by atoms with Crippen molar-refractivity contribution in [2.45, 2.75) is 28.9 Å². The van der Waals surface area contributed by atoms with Gasteiger partial charge < -0.3 is 10.1 Å². The topological polar surface area (TPSA) is 97.7 Å². The number of thiazole rings is 1. The number of para-hydroxylation sites is 1. The molecule has 0 bridgehead atoms. The average Bonchev–Trinajstić information content (AvgIpc) is 3.50. The van der Waals surface area contributed by atoms with Gasteiger partial charge >= 0.3 is 11.0 Å². The Hall–Kier alpha value is -4.88. The first kappa shape index (κ1) is 30.8. The Labute approximate surface area is 273 Å². The molecule has 2 aliphatic heterocycles. The maximum Gasteiger partial charge on any atom is 0.418 e. The van der Waals surface area contributed by atoms with Crippen molar-refractivity contribution in [3.05, 3.63) is 117 Å². The molecule has 13 heteroatoms. The maximum absolute atomic E-state index is 14.1. The summed E-state index contributed by atoms with van der Waals surface area (Å²) in [5.74, 6) is -3.52. The molecule has 2 aliphatic rings. The lowest BCUT2D eigenvalue weighted by Gasteiger charge is -2.30. The summed E-state index contributed by atoms with van der Waals surface area (Å²) in [7, 11) is 1.49. The van der Waals surface area contributed by atoms with Crippen molar-refractivity contribution in [2.24, 2.45) is 5.92 Å². The third kappa shape index (κ3) is 5.28. The van der Waals surface area contributed by atoms with Crippen LogP contribution in [0.5, 0.6) is 5.75 Å². The van der Waals surface area contributed by atoms with Crippen LogP contribution in [0.2, 0.25) is 0 Å². The zero-order valence-corrected chi connectivity index (χ0v) is 26.1. The molecule has 0 aliphatic carbocycles. The number of nitrogens with zero attached hydrogens (tertiary/aromatic N) is 2. The van der Waals surface area contributed by atoms with E-state index in [2.05, 4.69) is 5.32 Å². The van der Waals surface area contributed by atoms with E-state index in [1.54, 1.807) is 36.4 Å². The van der Waals surface area contributed by atoms with Gasteiger partial charge in [0.25, 0.3) is 0 Å². The quantitative estimate of drug-likeness (QED) is 0.206. The van der Waals surface area contributed by atoms with E-state index < -0.39 is 57.1 Å². The number of amides is 3. The first-order valence-corrected chi connectivity index (χ1v) is 16.1. The lowest BCUT2D eigenvalue weighted by atomic mass is 9.83. The van der Waals surface area contributed by atoms with E-state index >= 15 is 0 Å². The molecule has 1 aromatic heterocycles. The largest absolute Gasteiger partial charge is 0.497 e. The zero-order valence-electron chi connectivity index (χ0n) is 24.5. The summed E-state index contributed by atoms with van der Waals surface area (Å²) in [5, 5.41) is 3.78. The van der Waals surface area contributed by atoms with Gasteiger partial charge in [0.05, 0.1) is 29.3 Å². The lowest BCUT2D eigenvalue weighted by Crippen LogP contribution is -2.33. The number of anilines is 2. The predicted octanol–water partition coefficient (Wildman–Crippen LogP) is 6.52. The monoisotopic (exact) mass is 675 g/mol. The summed E-state index contributed by atoms with van der Waals surface area (Å²) >= 11 is 1.78. The second-order valence-corrected chi connectivity index (χ2v) is 13.2. The third-order valence-electron chi connectivity index (χ3n) is 8.34. The molecule has 1 fully saturated rings. The van der Waals surface area contributed by atoms with Gasteiger partial charge in [0.1, 0.15) is 17.5 Å². The van der Waals surface area contributed by atoms with Crippen molar-refractivity contribution >= 4 is 63.0 Å². The average molecular weight is 676 g/mol. The highest BCUT2D eigenvalue weighted by atomic mass is 32.2.